The summed E-state index contributed by atoms with van der Waals surface area (Å²) in [6.07, 6.45) is 5.22. The molecule has 0 bridgehead atoms. The molecule has 1 unspecified atom stereocenters. The predicted molar refractivity (Wildman–Crippen MR) is 154 cm³/mol. The third-order valence-electron chi connectivity index (χ3n) is 7.82. The first-order valence-corrected chi connectivity index (χ1v) is 15.9. The van der Waals surface area contributed by atoms with Gasteiger partial charge in [0, 0.05) is 30.1 Å². The number of carbonyl (C=O) groups excluding carboxylic acids is 2. The van der Waals surface area contributed by atoms with Gasteiger partial charge in [-0.3, -0.25) is 9.59 Å². The standard InChI is InChI=1S/C30H35N3O4S2/c1-21-8-6-7-11-26(21)30-27-17-19-38-28(27)16-18-32(30)29(35)20-33(24-9-4-3-5-10-24)39(36,37)25-14-12-23(13-15-25)31-22(2)34/h6-8,11-15,17,19,24,30H,3-5,9-10,16,18,20H2,1-2H3,(H,31,34). The van der Waals surface area contributed by atoms with Crippen LogP contribution in [0.4, 0.5) is 5.69 Å². The van der Waals surface area contributed by atoms with E-state index in [-0.39, 0.29) is 35.3 Å². The van der Waals surface area contributed by atoms with Crippen LogP contribution >= 0.6 is 11.3 Å². The van der Waals surface area contributed by atoms with Crippen LogP contribution in [0.1, 0.15) is 66.6 Å². The van der Waals surface area contributed by atoms with Crippen LogP contribution in [0.2, 0.25) is 0 Å². The number of carbonyl (C=O) groups is 2. The molecule has 9 heteroatoms. The lowest BCUT2D eigenvalue weighted by Gasteiger charge is -2.39. The van der Waals surface area contributed by atoms with Crippen molar-refractivity contribution in [3.05, 3.63) is 81.5 Å². The predicted octanol–water partition coefficient (Wildman–Crippen LogP) is 5.51. The summed E-state index contributed by atoms with van der Waals surface area (Å²) in [5.41, 5.74) is 3.85. The van der Waals surface area contributed by atoms with Crippen LogP contribution in [0.25, 0.3) is 0 Å². The maximum absolute atomic E-state index is 14.1. The summed E-state index contributed by atoms with van der Waals surface area (Å²) in [6.45, 7) is 3.82. The minimum Gasteiger partial charge on any atom is -0.330 e. The van der Waals surface area contributed by atoms with Gasteiger partial charge in [0.25, 0.3) is 0 Å². The number of nitrogens with one attached hydrogen (secondary N) is 1. The fourth-order valence-corrected chi connectivity index (χ4v) is 8.40. The zero-order valence-corrected chi connectivity index (χ0v) is 24.1. The van der Waals surface area contributed by atoms with Gasteiger partial charge < -0.3 is 10.2 Å². The quantitative estimate of drug-likeness (QED) is 0.409. The van der Waals surface area contributed by atoms with E-state index >= 15 is 0 Å². The number of fused-ring (bicyclic) bond motifs is 1. The summed E-state index contributed by atoms with van der Waals surface area (Å²) in [6, 6.07) is 16.0. The number of thiophene rings is 1. The number of anilines is 1. The van der Waals surface area contributed by atoms with Gasteiger partial charge in [-0.1, -0.05) is 43.5 Å². The van der Waals surface area contributed by atoms with Crippen LogP contribution in [0.3, 0.4) is 0 Å². The molecule has 2 aromatic carbocycles. The van der Waals surface area contributed by atoms with Gasteiger partial charge in [0.2, 0.25) is 21.8 Å². The van der Waals surface area contributed by atoms with Crippen LogP contribution < -0.4 is 5.32 Å². The summed E-state index contributed by atoms with van der Waals surface area (Å²) < 4.78 is 29.5. The van der Waals surface area contributed by atoms with Crippen molar-refractivity contribution in [3.63, 3.8) is 0 Å². The smallest absolute Gasteiger partial charge is 0.243 e. The number of nitrogens with zero attached hydrogens (tertiary/aromatic N) is 2. The number of rotatable bonds is 7. The van der Waals surface area contributed by atoms with E-state index in [9.17, 15) is 18.0 Å². The highest BCUT2D eigenvalue weighted by atomic mass is 32.2. The molecule has 0 spiro atoms. The molecule has 0 radical (unpaired) electrons. The van der Waals surface area contributed by atoms with E-state index in [0.29, 0.717) is 12.2 Å². The second-order valence-corrected chi connectivity index (χ2v) is 13.3. The van der Waals surface area contributed by atoms with Crippen LogP contribution in [-0.2, 0) is 26.0 Å². The van der Waals surface area contributed by atoms with E-state index in [1.165, 1.54) is 28.2 Å². The molecule has 1 aliphatic carbocycles. The molecule has 1 saturated carbocycles. The molecule has 39 heavy (non-hydrogen) atoms. The molecule has 1 fully saturated rings. The molecule has 2 aliphatic rings. The Morgan fingerprint density at radius 1 is 1.00 bits per heavy atom. The molecular weight excluding hydrogens is 530 g/mol. The van der Waals surface area contributed by atoms with Gasteiger partial charge in [-0.05, 0) is 78.6 Å². The molecule has 2 heterocycles. The van der Waals surface area contributed by atoms with Crippen molar-refractivity contribution in [2.75, 3.05) is 18.4 Å². The maximum Gasteiger partial charge on any atom is 0.243 e. The van der Waals surface area contributed by atoms with Gasteiger partial charge in [0.15, 0.2) is 0 Å². The summed E-state index contributed by atoms with van der Waals surface area (Å²) in [5, 5.41) is 4.75. The highest BCUT2D eigenvalue weighted by Crippen LogP contribution is 2.39. The Hall–Kier alpha value is -3.01. The Morgan fingerprint density at radius 2 is 1.72 bits per heavy atom. The zero-order valence-electron chi connectivity index (χ0n) is 22.4. The van der Waals surface area contributed by atoms with Crippen LogP contribution in [0.5, 0.6) is 0 Å². The number of sulfonamides is 1. The van der Waals surface area contributed by atoms with Gasteiger partial charge in [-0.2, -0.15) is 4.31 Å². The van der Waals surface area contributed by atoms with E-state index in [1.54, 1.807) is 23.5 Å². The third-order valence-corrected chi connectivity index (χ3v) is 10.7. The van der Waals surface area contributed by atoms with E-state index in [4.69, 9.17) is 0 Å². The molecule has 5 rings (SSSR count). The lowest BCUT2D eigenvalue weighted by molar-refractivity contribution is -0.134. The Morgan fingerprint density at radius 3 is 2.41 bits per heavy atom. The first-order valence-electron chi connectivity index (χ1n) is 13.6. The molecule has 0 saturated heterocycles. The van der Waals surface area contributed by atoms with Gasteiger partial charge in [-0.15, -0.1) is 11.3 Å². The summed E-state index contributed by atoms with van der Waals surface area (Å²) in [4.78, 5) is 28.8. The minimum atomic E-state index is -3.94. The maximum atomic E-state index is 14.1. The minimum absolute atomic E-state index is 0.129. The van der Waals surface area contributed by atoms with Crippen molar-refractivity contribution < 1.29 is 18.0 Å². The lowest BCUT2D eigenvalue weighted by Crippen LogP contribution is -2.50. The van der Waals surface area contributed by atoms with Crippen molar-refractivity contribution >= 4 is 38.9 Å². The molecule has 1 aromatic heterocycles. The largest absolute Gasteiger partial charge is 0.330 e. The van der Waals surface area contributed by atoms with Crippen molar-refractivity contribution in [1.29, 1.82) is 0 Å². The molecule has 1 atom stereocenters. The van der Waals surface area contributed by atoms with Gasteiger partial charge >= 0.3 is 0 Å². The fourth-order valence-electron chi connectivity index (χ4n) is 5.87. The van der Waals surface area contributed by atoms with Crippen molar-refractivity contribution in [2.45, 2.75) is 69.4 Å². The Bertz CT molecular complexity index is 1440. The summed E-state index contributed by atoms with van der Waals surface area (Å²) in [7, 11) is -3.94. The van der Waals surface area contributed by atoms with Crippen molar-refractivity contribution in [1.82, 2.24) is 9.21 Å². The van der Waals surface area contributed by atoms with Crippen LogP contribution in [0.15, 0.2) is 64.9 Å². The number of benzene rings is 2. The summed E-state index contributed by atoms with van der Waals surface area (Å²) in [5.74, 6) is -0.400. The average molecular weight is 566 g/mol. The molecule has 206 valence electrons. The molecular formula is C30H35N3O4S2. The number of aryl methyl sites for hydroxylation is 1. The Balaban J connectivity index is 1.47. The van der Waals surface area contributed by atoms with Crippen molar-refractivity contribution in [3.8, 4) is 0 Å². The Labute approximate surface area is 234 Å². The topological polar surface area (TPSA) is 86.8 Å². The molecule has 2 amide bonds. The zero-order chi connectivity index (χ0) is 27.6. The number of hydrogen-bond donors (Lipinski definition) is 1. The average Bonchev–Trinajstić information content (AvgIpc) is 3.41. The van der Waals surface area contributed by atoms with Crippen LogP contribution in [0, 0.1) is 6.92 Å². The third kappa shape index (κ3) is 5.81. The van der Waals surface area contributed by atoms with E-state index in [1.807, 2.05) is 17.0 Å². The van der Waals surface area contributed by atoms with E-state index in [2.05, 4.69) is 35.8 Å². The monoisotopic (exact) mass is 565 g/mol. The normalized spacial score (nSPS) is 18.1. The SMILES string of the molecule is CC(=O)Nc1ccc(S(=O)(=O)N(CC(=O)N2CCc3sccc3C2c2ccccc2C)C2CCCCC2)cc1. The molecule has 3 aromatic rings. The molecule has 1 N–H and O–H groups in total. The van der Waals surface area contributed by atoms with Gasteiger partial charge in [-0.25, -0.2) is 8.42 Å². The highest BCUT2D eigenvalue weighted by molar-refractivity contribution is 7.89. The van der Waals surface area contributed by atoms with E-state index < -0.39 is 10.0 Å². The molecule has 1 aliphatic heterocycles. The van der Waals surface area contributed by atoms with E-state index in [0.717, 1.165) is 55.2 Å². The first-order chi connectivity index (χ1) is 18.8. The van der Waals surface area contributed by atoms with Gasteiger partial charge in [0.1, 0.15) is 0 Å². The second kappa shape index (κ2) is 11.6. The lowest BCUT2D eigenvalue weighted by atomic mass is 9.90. The van der Waals surface area contributed by atoms with Crippen molar-refractivity contribution in [2.24, 2.45) is 0 Å². The fraction of sp³-hybridized carbons (Fsp3) is 0.400. The van der Waals surface area contributed by atoms with Crippen LogP contribution in [-0.4, -0.2) is 48.6 Å². The highest BCUT2D eigenvalue weighted by Gasteiger charge is 2.38. The second-order valence-electron chi connectivity index (χ2n) is 10.4. The Kier molecular flexibility index (Phi) is 8.21. The molecule has 7 nitrogen and oxygen atoms in total. The number of amides is 2. The summed E-state index contributed by atoms with van der Waals surface area (Å²) >= 11 is 1.72. The first kappa shape index (κ1) is 27.6. The number of hydrogen-bond acceptors (Lipinski definition) is 5. The van der Waals surface area contributed by atoms with Gasteiger partial charge in [0.05, 0.1) is 17.5 Å².